The molecule has 0 atom stereocenters. The summed E-state index contributed by atoms with van der Waals surface area (Å²) < 4.78 is 26.2. The molecule has 0 saturated carbocycles. The van der Waals surface area contributed by atoms with Gasteiger partial charge in [0, 0.05) is 5.56 Å². The molecule has 0 radical (unpaired) electrons. The second-order valence-electron chi connectivity index (χ2n) is 6.93. The van der Waals surface area contributed by atoms with Crippen LogP contribution in [-0.4, -0.2) is 18.3 Å². The molecule has 1 aromatic rings. The molecule has 0 amide bonds. The molecular weight excluding hydrogens is 278 g/mol. The highest BCUT2D eigenvalue weighted by Gasteiger charge is 2.52. The third kappa shape index (κ3) is 3.61. The minimum Gasteiger partial charge on any atom is -0.400 e. The van der Waals surface area contributed by atoms with Gasteiger partial charge in [-0.3, -0.25) is 0 Å². The van der Waals surface area contributed by atoms with Crippen molar-refractivity contribution in [3.05, 3.63) is 41.1 Å². The third-order valence-electron chi connectivity index (χ3n) is 4.62. The molecule has 0 N–H and O–H groups in total. The lowest BCUT2D eigenvalue weighted by Crippen LogP contribution is -2.41. The smallest absolute Gasteiger partial charge is 0.400 e. The van der Waals surface area contributed by atoms with Gasteiger partial charge in [0.05, 0.1) is 11.2 Å². The highest BCUT2D eigenvalue weighted by Crippen LogP contribution is 2.39. The number of halogens is 1. The van der Waals surface area contributed by atoms with Crippen molar-refractivity contribution in [2.75, 3.05) is 0 Å². The highest BCUT2D eigenvalue weighted by atomic mass is 19.1. The molecule has 0 bridgehead atoms. The molecule has 0 aromatic heterocycles. The summed E-state index contributed by atoms with van der Waals surface area (Å²) in [7, 11) is -0.406. The van der Waals surface area contributed by atoms with Crippen molar-refractivity contribution in [1.82, 2.24) is 0 Å². The molecule has 0 unspecified atom stereocenters. The molecule has 22 heavy (non-hydrogen) atoms. The standard InChI is InChI=1S/C18H26BFO2/c1-6-7-11-15(13-14-10-8-9-12-16(14)20)19-21-17(2,3)18(4,5)22-19/h8-10,12-13H,6-7,11H2,1-5H3/b15-13+. The maximum absolute atomic E-state index is 13.9. The van der Waals surface area contributed by atoms with Crippen LogP contribution in [-0.2, 0) is 9.31 Å². The van der Waals surface area contributed by atoms with E-state index in [4.69, 9.17) is 9.31 Å². The van der Waals surface area contributed by atoms with Gasteiger partial charge < -0.3 is 9.31 Å². The van der Waals surface area contributed by atoms with E-state index in [0.717, 1.165) is 24.7 Å². The summed E-state index contributed by atoms with van der Waals surface area (Å²) in [5, 5.41) is 0. The Kier molecular flexibility index (Phi) is 5.13. The Morgan fingerprint density at radius 3 is 2.27 bits per heavy atom. The summed E-state index contributed by atoms with van der Waals surface area (Å²) in [6.45, 7) is 10.3. The number of hydrogen-bond acceptors (Lipinski definition) is 2. The average Bonchev–Trinajstić information content (AvgIpc) is 2.65. The van der Waals surface area contributed by atoms with Crippen molar-refractivity contribution >= 4 is 13.2 Å². The molecule has 1 aromatic carbocycles. The molecule has 1 saturated heterocycles. The quantitative estimate of drug-likeness (QED) is 0.710. The first kappa shape index (κ1) is 17.2. The topological polar surface area (TPSA) is 18.5 Å². The molecule has 2 rings (SSSR count). The van der Waals surface area contributed by atoms with Crippen molar-refractivity contribution in [1.29, 1.82) is 0 Å². The monoisotopic (exact) mass is 304 g/mol. The fraction of sp³-hybridized carbons (Fsp3) is 0.556. The Hall–Kier alpha value is -1.13. The van der Waals surface area contributed by atoms with Crippen LogP contribution in [0.1, 0.15) is 59.4 Å². The van der Waals surface area contributed by atoms with E-state index in [-0.39, 0.29) is 17.0 Å². The summed E-state index contributed by atoms with van der Waals surface area (Å²) in [5.41, 5.74) is 0.838. The van der Waals surface area contributed by atoms with E-state index in [1.54, 1.807) is 12.1 Å². The molecule has 1 heterocycles. The first-order valence-corrected chi connectivity index (χ1v) is 8.07. The van der Waals surface area contributed by atoms with E-state index >= 15 is 0 Å². The molecular formula is C18H26BFO2. The molecule has 120 valence electrons. The lowest BCUT2D eigenvalue weighted by Gasteiger charge is -2.32. The number of benzene rings is 1. The Labute approximate surface area is 133 Å². The summed E-state index contributed by atoms with van der Waals surface area (Å²) in [4.78, 5) is 0. The average molecular weight is 304 g/mol. The fourth-order valence-corrected chi connectivity index (χ4v) is 2.43. The highest BCUT2D eigenvalue weighted by molar-refractivity contribution is 6.55. The van der Waals surface area contributed by atoms with Crippen LogP contribution in [0.15, 0.2) is 29.7 Å². The van der Waals surface area contributed by atoms with E-state index in [9.17, 15) is 4.39 Å². The van der Waals surface area contributed by atoms with Gasteiger partial charge in [0.25, 0.3) is 0 Å². The summed E-state index contributed by atoms with van der Waals surface area (Å²) >= 11 is 0. The van der Waals surface area contributed by atoms with Crippen LogP contribution in [0.5, 0.6) is 0 Å². The van der Waals surface area contributed by atoms with Crippen LogP contribution >= 0.6 is 0 Å². The first-order valence-electron chi connectivity index (χ1n) is 8.07. The molecule has 1 fully saturated rings. The Morgan fingerprint density at radius 2 is 1.73 bits per heavy atom. The van der Waals surface area contributed by atoms with Gasteiger partial charge in [-0.1, -0.05) is 44.0 Å². The van der Waals surface area contributed by atoms with Crippen LogP contribution in [0, 0.1) is 5.82 Å². The van der Waals surface area contributed by atoms with E-state index < -0.39 is 7.12 Å². The summed E-state index contributed by atoms with van der Waals surface area (Å²) in [5.74, 6) is -0.215. The molecule has 1 aliphatic rings. The van der Waals surface area contributed by atoms with E-state index in [1.807, 2.05) is 39.8 Å². The van der Waals surface area contributed by atoms with Gasteiger partial charge in [0.15, 0.2) is 0 Å². The zero-order valence-corrected chi connectivity index (χ0v) is 14.3. The minimum absolute atomic E-state index is 0.215. The second kappa shape index (κ2) is 6.55. The second-order valence-corrected chi connectivity index (χ2v) is 6.93. The normalized spacial score (nSPS) is 20.5. The summed E-state index contributed by atoms with van der Waals surface area (Å²) in [6, 6.07) is 6.81. The molecule has 0 spiro atoms. The minimum atomic E-state index is -0.406. The molecule has 4 heteroatoms. The maximum atomic E-state index is 13.9. The van der Waals surface area contributed by atoms with Crippen LogP contribution in [0.3, 0.4) is 0 Å². The Bertz CT molecular complexity index is 536. The predicted molar refractivity (Wildman–Crippen MR) is 90.0 cm³/mol. The number of allylic oxidation sites excluding steroid dienone is 1. The van der Waals surface area contributed by atoms with E-state index in [0.29, 0.717) is 5.56 Å². The number of rotatable bonds is 5. The molecule has 1 aliphatic heterocycles. The van der Waals surface area contributed by atoms with Crippen molar-refractivity contribution in [3.63, 3.8) is 0 Å². The van der Waals surface area contributed by atoms with Gasteiger partial charge in [-0.05, 0) is 45.7 Å². The number of unbranched alkanes of at least 4 members (excludes halogenated alkanes) is 1. The van der Waals surface area contributed by atoms with E-state index in [2.05, 4.69) is 6.92 Å². The largest absolute Gasteiger partial charge is 0.490 e. The van der Waals surface area contributed by atoms with Crippen molar-refractivity contribution < 1.29 is 13.7 Å². The lowest BCUT2D eigenvalue weighted by molar-refractivity contribution is 0.00578. The maximum Gasteiger partial charge on any atom is 0.490 e. The van der Waals surface area contributed by atoms with Gasteiger partial charge >= 0.3 is 7.12 Å². The van der Waals surface area contributed by atoms with Crippen molar-refractivity contribution in [3.8, 4) is 0 Å². The summed E-state index contributed by atoms with van der Waals surface area (Å²) in [6.07, 6.45) is 4.84. The Balaban J connectivity index is 2.30. The van der Waals surface area contributed by atoms with Gasteiger partial charge in [-0.2, -0.15) is 0 Å². The first-order chi connectivity index (χ1) is 10.3. The van der Waals surface area contributed by atoms with Gasteiger partial charge in [0.1, 0.15) is 5.82 Å². The van der Waals surface area contributed by atoms with E-state index in [1.165, 1.54) is 6.07 Å². The molecule has 0 aliphatic carbocycles. The van der Waals surface area contributed by atoms with Crippen molar-refractivity contribution in [2.45, 2.75) is 65.1 Å². The predicted octanol–water partition coefficient (Wildman–Crippen LogP) is 5.03. The van der Waals surface area contributed by atoms with Crippen LogP contribution in [0.25, 0.3) is 6.08 Å². The van der Waals surface area contributed by atoms with Gasteiger partial charge in [-0.15, -0.1) is 0 Å². The zero-order valence-electron chi connectivity index (χ0n) is 14.3. The SMILES string of the molecule is CCCC/C(=C\c1ccccc1F)B1OC(C)(C)C(C)(C)O1. The van der Waals surface area contributed by atoms with Crippen LogP contribution in [0.4, 0.5) is 4.39 Å². The van der Waals surface area contributed by atoms with Crippen molar-refractivity contribution in [2.24, 2.45) is 0 Å². The lowest BCUT2D eigenvalue weighted by atomic mass is 9.74. The third-order valence-corrected chi connectivity index (χ3v) is 4.62. The fourth-order valence-electron chi connectivity index (χ4n) is 2.43. The van der Waals surface area contributed by atoms with Crippen LogP contribution < -0.4 is 0 Å². The molecule has 2 nitrogen and oxygen atoms in total. The number of hydrogen-bond donors (Lipinski definition) is 0. The van der Waals surface area contributed by atoms with Crippen LogP contribution in [0.2, 0.25) is 0 Å². The van der Waals surface area contributed by atoms with Gasteiger partial charge in [0.2, 0.25) is 0 Å². The van der Waals surface area contributed by atoms with Gasteiger partial charge in [-0.25, -0.2) is 4.39 Å². The Morgan fingerprint density at radius 1 is 1.14 bits per heavy atom. The zero-order chi connectivity index (χ0) is 16.4.